The van der Waals surface area contributed by atoms with Gasteiger partial charge in [0.2, 0.25) is 5.92 Å². The van der Waals surface area contributed by atoms with Gasteiger partial charge >= 0.3 is 11.9 Å². The van der Waals surface area contributed by atoms with E-state index >= 15 is 0 Å². The fraction of sp³-hybridized carbons (Fsp3) is 0.462. The quantitative estimate of drug-likeness (QED) is 0.423. The maximum Gasteiger partial charge on any atom is 0.391 e. The lowest BCUT2D eigenvalue weighted by Crippen LogP contribution is -2.34. The third kappa shape index (κ3) is 5.08. The van der Waals surface area contributed by atoms with Gasteiger partial charge in [-0.05, 0) is 50.2 Å². The first kappa shape index (κ1) is 25.3. The third-order valence-electron chi connectivity index (χ3n) is 7.57. The molecule has 0 amide bonds. The monoisotopic (exact) mass is 520 g/mol. The van der Waals surface area contributed by atoms with Crippen LogP contribution < -0.4 is 11.1 Å². The van der Waals surface area contributed by atoms with E-state index in [1.165, 1.54) is 24.7 Å². The second-order valence-corrected chi connectivity index (χ2v) is 10.1. The van der Waals surface area contributed by atoms with E-state index in [4.69, 9.17) is 0 Å². The molecule has 3 aromatic rings. The van der Waals surface area contributed by atoms with Crippen LogP contribution in [0.3, 0.4) is 0 Å². The van der Waals surface area contributed by atoms with E-state index in [9.17, 15) is 31.5 Å². The van der Waals surface area contributed by atoms with Crippen molar-refractivity contribution >= 4 is 0 Å². The molecule has 2 N–H and O–H groups in total. The molecule has 0 spiro atoms. The third-order valence-corrected chi connectivity index (χ3v) is 7.57. The van der Waals surface area contributed by atoms with Gasteiger partial charge in [-0.1, -0.05) is 0 Å². The summed E-state index contributed by atoms with van der Waals surface area (Å²) in [6.45, 7) is 1.69. The molecule has 2 saturated carbocycles. The fourth-order valence-corrected chi connectivity index (χ4v) is 5.55. The molecule has 37 heavy (non-hydrogen) atoms. The molecule has 2 aliphatic rings. The van der Waals surface area contributed by atoms with E-state index in [1.807, 2.05) is 0 Å². The molecule has 3 aromatic heterocycles. The number of aromatic nitrogens is 4. The molecule has 2 fully saturated rings. The summed E-state index contributed by atoms with van der Waals surface area (Å²) in [6, 6.07) is 3.12. The lowest BCUT2D eigenvalue weighted by Gasteiger charge is -2.35. The molecular formula is C26H25F5N4O2. The molecule has 0 bridgehead atoms. The molecule has 6 nitrogen and oxygen atoms in total. The van der Waals surface area contributed by atoms with Crippen LogP contribution in [-0.2, 0) is 0 Å². The Hall–Kier alpha value is -3.37. The number of nitrogens with zero attached hydrogens (tertiary/aromatic N) is 2. The Morgan fingerprint density at radius 3 is 2.24 bits per heavy atom. The minimum absolute atomic E-state index is 0.0134. The predicted octanol–water partition coefficient (Wildman–Crippen LogP) is 5.84. The molecule has 0 saturated heterocycles. The van der Waals surface area contributed by atoms with Gasteiger partial charge in [-0.15, -0.1) is 0 Å². The van der Waals surface area contributed by atoms with E-state index in [-0.39, 0.29) is 37.0 Å². The van der Waals surface area contributed by atoms with Gasteiger partial charge in [-0.2, -0.15) is 13.2 Å². The summed E-state index contributed by atoms with van der Waals surface area (Å²) >= 11 is 0. The van der Waals surface area contributed by atoms with Crippen LogP contribution in [0.1, 0.15) is 67.3 Å². The summed E-state index contributed by atoms with van der Waals surface area (Å²) in [5.74, 6) is -4.72. The maximum atomic E-state index is 13.5. The Balaban J connectivity index is 1.53. The van der Waals surface area contributed by atoms with Crippen molar-refractivity contribution in [3.05, 3.63) is 68.4 Å². The van der Waals surface area contributed by atoms with Gasteiger partial charge in [0.25, 0.3) is 0 Å². The van der Waals surface area contributed by atoms with Crippen LogP contribution in [0.25, 0.3) is 22.4 Å². The van der Waals surface area contributed by atoms with Crippen LogP contribution in [0, 0.1) is 12.8 Å². The molecular weight excluding hydrogens is 495 g/mol. The van der Waals surface area contributed by atoms with E-state index in [2.05, 4.69) is 19.9 Å². The molecule has 196 valence electrons. The van der Waals surface area contributed by atoms with Crippen molar-refractivity contribution in [2.45, 2.75) is 69.4 Å². The lowest BCUT2D eigenvalue weighted by molar-refractivity contribution is -0.182. The molecule has 0 atom stereocenters. The van der Waals surface area contributed by atoms with Gasteiger partial charge in [-0.3, -0.25) is 9.78 Å². The van der Waals surface area contributed by atoms with Crippen molar-refractivity contribution in [2.75, 3.05) is 0 Å². The van der Waals surface area contributed by atoms with Crippen molar-refractivity contribution in [2.24, 2.45) is 5.92 Å². The Labute approximate surface area is 208 Å². The van der Waals surface area contributed by atoms with Gasteiger partial charge in [0.05, 0.1) is 17.2 Å². The molecule has 0 unspecified atom stereocenters. The van der Waals surface area contributed by atoms with Crippen LogP contribution in [-0.4, -0.2) is 32.0 Å². The highest BCUT2D eigenvalue weighted by atomic mass is 19.4. The van der Waals surface area contributed by atoms with Crippen molar-refractivity contribution in [3.8, 4) is 22.4 Å². The first-order valence-electron chi connectivity index (χ1n) is 12.1. The smallest absolute Gasteiger partial charge is 0.358 e. The maximum absolute atomic E-state index is 13.5. The highest BCUT2D eigenvalue weighted by Crippen LogP contribution is 2.50. The number of aryl methyl sites for hydroxylation is 1. The van der Waals surface area contributed by atoms with E-state index < -0.39 is 29.6 Å². The van der Waals surface area contributed by atoms with Crippen LogP contribution in [0.15, 0.2) is 40.3 Å². The number of pyridine rings is 2. The molecule has 11 heteroatoms. The Kier molecular flexibility index (Phi) is 6.27. The lowest BCUT2D eigenvalue weighted by atomic mass is 9.74. The van der Waals surface area contributed by atoms with Crippen molar-refractivity contribution in [1.29, 1.82) is 0 Å². The second kappa shape index (κ2) is 9.18. The Morgan fingerprint density at radius 2 is 1.68 bits per heavy atom. The molecule has 0 aliphatic heterocycles. The minimum Gasteiger partial charge on any atom is -0.358 e. The average Bonchev–Trinajstić information content (AvgIpc) is 2.82. The first-order chi connectivity index (χ1) is 17.4. The van der Waals surface area contributed by atoms with Gasteiger partial charge in [0.1, 0.15) is 0 Å². The van der Waals surface area contributed by atoms with E-state index in [1.54, 1.807) is 13.0 Å². The zero-order valence-corrected chi connectivity index (χ0v) is 20.0. The standard InChI is InChI=1S/C26H25F5N4O2/c1-13-23(16-10-33-24(37)34-11-16)22(36)7-21(35-13)19-12-32-20(15-8-25(27,28)9-15)6-18(19)14-2-4-17(5-3-14)26(29,30)31/h6-7,10-12,14-15,17H,2-5,8-9H2,1H3,(H,35,36)(H,33,34,37). The highest BCUT2D eigenvalue weighted by molar-refractivity contribution is 5.70. The Bertz CT molecular complexity index is 1410. The number of hydrogen-bond acceptors (Lipinski definition) is 4. The molecule has 2 aliphatic carbocycles. The minimum atomic E-state index is -4.25. The zero-order chi connectivity index (χ0) is 26.5. The Morgan fingerprint density at radius 1 is 0.973 bits per heavy atom. The fourth-order valence-electron chi connectivity index (χ4n) is 5.55. The van der Waals surface area contributed by atoms with Gasteiger partial charge in [0, 0.05) is 65.9 Å². The predicted molar refractivity (Wildman–Crippen MR) is 127 cm³/mol. The van der Waals surface area contributed by atoms with Crippen LogP contribution in [0.2, 0.25) is 0 Å². The number of hydrogen-bond donors (Lipinski definition) is 2. The van der Waals surface area contributed by atoms with Crippen molar-refractivity contribution in [3.63, 3.8) is 0 Å². The summed E-state index contributed by atoms with van der Waals surface area (Å²) in [5.41, 5.74) is 2.59. The molecule has 5 rings (SSSR count). The number of nitrogens with one attached hydrogen (secondary N) is 2. The van der Waals surface area contributed by atoms with E-state index in [0.717, 1.165) is 0 Å². The number of alkyl halides is 5. The van der Waals surface area contributed by atoms with Gasteiger partial charge in [0.15, 0.2) is 5.43 Å². The number of rotatable bonds is 4. The summed E-state index contributed by atoms with van der Waals surface area (Å²) in [5, 5.41) is 0. The first-order valence-corrected chi connectivity index (χ1v) is 12.1. The van der Waals surface area contributed by atoms with Crippen LogP contribution >= 0.6 is 0 Å². The average molecular weight is 521 g/mol. The second-order valence-electron chi connectivity index (χ2n) is 10.1. The number of halogens is 5. The van der Waals surface area contributed by atoms with Gasteiger partial charge in [-0.25, -0.2) is 18.6 Å². The summed E-state index contributed by atoms with van der Waals surface area (Å²) < 4.78 is 66.8. The van der Waals surface area contributed by atoms with Gasteiger partial charge < -0.3 is 9.97 Å². The molecule has 0 radical (unpaired) electrons. The van der Waals surface area contributed by atoms with Crippen LogP contribution in [0.5, 0.6) is 0 Å². The summed E-state index contributed by atoms with van der Waals surface area (Å²) in [6.07, 6.45) is -0.0764. The summed E-state index contributed by atoms with van der Waals surface area (Å²) in [4.78, 5) is 38.1. The topological polar surface area (TPSA) is 91.5 Å². The largest absolute Gasteiger partial charge is 0.391 e. The number of aromatic amines is 2. The van der Waals surface area contributed by atoms with Crippen LogP contribution in [0.4, 0.5) is 22.0 Å². The van der Waals surface area contributed by atoms with Crippen molar-refractivity contribution < 1.29 is 22.0 Å². The highest BCUT2D eigenvalue weighted by Gasteiger charge is 2.47. The van der Waals surface area contributed by atoms with Crippen molar-refractivity contribution in [1.82, 2.24) is 19.9 Å². The number of H-pyrrole nitrogens is 2. The van der Waals surface area contributed by atoms with E-state index in [0.29, 0.717) is 52.2 Å². The molecule has 3 heterocycles. The molecule has 0 aromatic carbocycles. The summed E-state index contributed by atoms with van der Waals surface area (Å²) in [7, 11) is 0. The normalized spacial score (nSPS) is 22.0. The zero-order valence-electron chi connectivity index (χ0n) is 20.0. The SMILES string of the molecule is Cc1[nH]c(-c2cnc(C3CC(F)(F)C3)cc2C2CCC(C(F)(F)F)CC2)cc(=O)c1-c1cnc(=O)[nH]c1.